The minimum absolute atomic E-state index is 0.683. The highest BCUT2D eigenvalue weighted by Gasteiger charge is 2.97. The molecule has 248 valence electrons. The van der Waals surface area contributed by atoms with Crippen LogP contribution in [0.15, 0.2) is 0 Å². The SMILES string of the molecule is CC(C)OP(=O)(F)OC(C)C(F)(F)C(F)(F)C(F)(F)C(F)(F)C(F)(F)C(F)(F)C(F)(F)C(F)(F)C(F)(F)C(F)SF. The van der Waals surface area contributed by atoms with Crippen LogP contribution in [0, 0.1) is 0 Å². The molecule has 0 rings (SSSR count). The van der Waals surface area contributed by atoms with Crippen molar-refractivity contribution in [2.24, 2.45) is 0 Å². The highest BCUT2D eigenvalue weighted by Crippen LogP contribution is 2.66. The van der Waals surface area contributed by atoms with Gasteiger partial charge in [0.15, 0.2) is 0 Å². The van der Waals surface area contributed by atoms with Gasteiger partial charge in [0.25, 0.3) is 0 Å². The van der Waals surface area contributed by atoms with Gasteiger partial charge in [-0.1, -0.05) is 0 Å². The lowest BCUT2D eigenvalue weighted by Gasteiger charge is -2.45. The molecule has 3 atom stereocenters. The fourth-order valence-corrected chi connectivity index (χ4v) is 3.71. The third-order valence-corrected chi connectivity index (χ3v) is 6.39. The molecule has 0 amide bonds. The summed E-state index contributed by atoms with van der Waals surface area (Å²) in [5, 5.41) is 0. The fraction of sp³-hybridized carbons (Fsp3) is 1.00. The van der Waals surface area contributed by atoms with Crippen molar-refractivity contribution in [1.29, 1.82) is 0 Å². The van der Waals surface area contributed by atoms with Gasteiger partial charge in [-0.05, 0) is 20.8 Å². The molecule has 0 aliphatic heterocycles. The first kappa shape index (κ1) is 40.0. The van der Waals surface area contributed by atoms with E-state index in [2.05, 4.69) is 9.05 Å². The molecule has 3 nitrogen and oxygen atoms in total. The lowest BCUT2D eigenvalue weighted by atomic mass is 9.86. The second-order valence-electron chi connectivity index (χ2n) is 8.00. The topological polar surface area (TPSA) is 35.5 Å². The lowest BCUT2D eigenvalue weighted by Crippen LogP contribution is -2.76. The van der Waals surface area contributed by atoms with Crippen LogP contribution in [0.4, 0.5) is 91.5 Å². The van der Waals surface area contributed by atoms with Crippen molar-refractivity contribution in [3.8, 4) is 0 Å². The van der Waals surface area contributed by atoms with E-state index in [9.17, 15) is 96.1 Å². The summed E-state index contributed by atoms with van der Waals surface area (Å²) in [4.78, 5) is 0. The minimum atomic E-state index is -9.15. The van der Waals surface area contributed by atoms with E-state index in [0.717, 1.165) is 13.8 Å². The van der Waals surface area contributed by atoms with Crippen molar-refractivity contribution in [1.82, 2.24) is 0 Å². The lowest BCUT2D eigenvalue weighted by molar-refractivity contribution is -0.464. The van der Waals surface area contributed by atoms with E-state index < -0.39 is 98.0 Å². The van der Waals surface area contributed by atoms with Gasteiger partial charge in [-0.2, -0.15) is 82.9 Å². The summed E-state index contributed by atoms with van der Waals surface area (Å²) < 4.78 is 302. The Kier molecular flexibility index (Phi) is 10.9. The van der Waals surface area contributed by atoms with Crippen LogP contribution in [-0.2, 0) is 13.6 Å². The minimum Gasteiger partial charge on any atom is -0.281 e. The summed E-state index contributed by atoms with van der Waals surface area (Å²) in [6.45, 7) is 0.824. The molecule has 0 saturated carbocycles. The Morgan fingerprint density at radius 1 is 0.537 bits per heavy atom. The van der Waals surface area contributed by atoms with Crippen LogP contribution in [0.25, 0.3) is 0 Å². The highest BCUT2D eigenvalue weighted by molar-refractivity contribution is 7.94. The molecule has 0 aromatic heterocycles. The Labute approximate surface area is 218 Å². The average molecular weight is 702 g/mol. The molecule has 41 heavy (non-hydrogen) atoms. The van der Waals surface area contributed by atoms with Gasteiger partial charge >= 0.3 is 61.2 Å². The molecular weight excluding hydrogens is 690 g/mol. The number of rotatable bonds is 15. The molecule has 0 aromatic carbocycles. The van der Waals surface area contributed by atoms with E-state index in [4.69, 9.17) is 0 Å². The normalized spacial score (nSPS) is 18.9. The van der Waals surface area contributed by atoms with Gasteiger partial charge in [-0.25, -0.2) is 8.96 Å². The molecule has 0 radical (unpaired) electrons. The van der Waals surface area contributed by atoms with E-state index in [-0.39, 0.29) is 0 Å². The van der Waals surface area contributed by atoms with E-state index in [1.54, 1.807) is 0 Å². The summed E-state index contributed by atoms with van der Waals surface area (Å²) >= 11 is -2.66. The zero-order chi connectivity index (χ0) is 33.9. The largest absolute Gasteiger partial charge is 0.513 e. The molecule has 26 heteroatoms. The van der Waals surface area contributed by atoms with Gasteiger partial charge in [-0.15, -0.1) is 4.20 Å². The third kappa shape index (κ3) is 5.93. The summed E-state index contributed by atoms with van der Waals surface area (Å²) in [7, 11) is -6.52. The van der Waals surface area contributed by atoms with Gasteiger partial charge in [0.05, 0.1) is 18.3 Å². The smallest absolute Gasteiger partial charge is 0.281 e. The van der Waals surface area contributed by atoms with E-state index in [1.165, 1.54) is 0 Å². The molecule has 0 bridgehead atoms. The van der Waals surface area contributed by atoms with E-state index in [1.807, 2.05) is 0 Å². The van der Waals surface area contributed by atoms with Gasteiger partial charge in [0.2, 0.25) is 5.50 Å². The molecule has 3 unspecified atom stereocenters. The molecule has 0 aliphatic rings. The van der Waals surface area contributed by atoms with Crippen molar-refractivity contribution < 1.29 is 105 Å². The molecule has 0 heterocycles. The molecule has 0 fully saturated rings. The first-order valence-electron chi connectivity index (χ1n) is 9.51. The van der Waals surface area contributed by atoms with Crippen LogP contribution in [0.1, 0.15) is 20.8 Å². The van der Waals surface area contributed by atoms with Crippen LogP contribution in [0.2, 0.25) is 0 Å². The number of hydrogen-bond acceptors (Lipinski definition) is 4. The van der Waals surface area contributed by atoms with E-state index in [0.29, 0.717) is 0 Å². The van der Waals surface area contributed by atoms with Crippen LogP contribution in [-0.4, -0.2) is 71.0 Å². The summed E-state index contributed by atoms with van der Waals surface area (Å²) in [5.41, 5.74) is -5.36. The summed E-state index contributed by atoms with van der Waals surface area (Å²) in [6, 6.07) is 0. The van der Waals surface area contributed by atoms with Crippen LogP contribution in [0.5, 0.6) is 0 Å². The second kappa shape index (κ2) is 11.2. The molecule has 0 spiro atoms. The fourth-order valence-electron chi connectivity index (χ4n) is 2.39. The quantitative estimate of drug-likeness (QED) is 0.126. The van der Waals surface area contributed by atoms with Crippen molar-refractivity contribution in [2.45, 2.75) is 91.8 Å². The number of halogens is 21. The van der Waals surface area contributed by atoms with Crippen LogP contribution >= 0.6 is 20.1 Å². The molecule has 0 aromatic rings. The standard InChI is InChI=1S/C15H12F21O3PS/c1-4(2)38-40(35,37)39-5(3)7(17,18)9(21,22)11(25,26)13(29,30)15(33,34)14(31,32)12(27,28)10(23,24)8(19,20)6(16)41-36/h4-6H,1-3H3. The Bertz CT molecular complexity index is 970. The summed E-state index contributed by atoms with van der Waals surface area (Å²) in [5.74, 6) is -76.4. The monoisotopic (exact) mass is 702 g/mol. The highest BCUT2D eigenvalue weighted by atomic mass is 32.2. The maximum absolute atomic E-state index is 14.0. The molecule has 0 aliphatic carbocycles. The number of alkyl halides is 19. The van der Waals surface area contributed by atoms with Gasteiger partial charge in [0.1, 0.15) is 6.10 Å². The van der Waals surface area contributed by atoms with E-state index >= 15 is 0 Å². The van der Waals surface area contributed by atoms with Crippen molar-refractivity contribution in [2.75, 3.05) is 0 Å². The van der Waals surface area contributed by atoms with Gasteiger partial charge in [0, 0.05) is 0 Å². The third-order valence-electron chi connectivity index (χ3n) is 4.70. The van der Waals surface area contributed by atoms with Gasteiger partial charge < -0.3 is 0 Å². The Hall–Kier alpha value is -0.970. The first-order valence-corrected chi connectivity index (χ1v) is 11.7. The van der Waals surface area contributed by atoms with Gasteiger partial charge in [-0.3, -0.25) is 9.05 Å². The zero-order valence-corrected chi connectivity index (χ0v) is 21.0. The average Bonchev–Trinajstić information content (AvgIpc) is 2.75. The maximum Gasteiger partial charge on any atom is 0.513 e. The maximum atomic E-state index is 14.0. The zero-order valence-electron chi connectivity index (χ0n) is 19.2. The second-order valence-corrected chi connectivity index (χ2v) is 9.88. The molecule has 0 saturated heterocycles. The molecular formula is C15H12F21O3PS. The van der Waals surface area contributed by atoms with Crippen molar-refractivity contribution in [3.63, 3.8) is 0 Å². The predicted octanol–water partition coefficient (Wildman–Crippen LogP) is 9.53. The van der Waals surface area contributed by atoms with Crippen LogP contribution < -0.4 is 0 Å². The Morgan fingerprint density at radius 2 is 0.805 bits per heavy atom. The summed E-state index contributed by atoms with van der Waals surface area (Å²) in [6.07, 6.45) is -6.05. The number of hydrogen-bond donors (Lipinski definition) is 0. The van der Waals surface area contributed by atoms with Crippen LogP contribution in [0.3, 0.4) is 0 Å². The van der Waals surface area contributed by atoms with Crippen molar-refractivity contribution >= 4 is 20.1 Å². The Morgan fingerprint density at radius 3 is 1.07 bits per heavy atom. The molecule has 0 N–H and O–H groups in total. The van der Waals surface area contributed by atoms with Crippen molar-refractivity contribution in [3.05, 3.63) is 0 Å². The predicted molar refractivity (Wildman–Crippen MR) is 93.6 cm³/mol. The Balaban J connectivity index is 6.97. The first-order chi connectivity index (χ1) is 17.5.